The van der Waals surface area contributed by atoms with Gasteiger partial charge in [-0.05, 0) is 25.7 Å². The van der Waals surface area contributed by atoms with Gasteiger partial charge in [0.1, 0.15) is 0 Å². The van der Waals surface area contributed by atoms with Crippen LogP contribution in [0.3, 0.4) is 0 Å². The molecule has 0 saturated carbocycles. The van der Waals surface area contributed by atoms with Crippen molar-refractivity contribution in [2.24, 2.45) is 0 Å². The van der Waals surface area contributed by atoms with E-state index in [-0.39, 0.29) is 0 Å². The number of allylic oxidation sites excluding steroid dienone is 2. The van der Waals surface area contributed by atoms with E-state index >= 15 is 0 Å². The molecule has 0 unspecified atom stereocenters. The van der Waals surface area contributed by atoms with E-state index in [0.29, 0.717) is 0 Å². The van der Waals surface area contributed by atoms with Crippen LogP contribution < -0.4 is 0 Å². The molecule has 0 radical (unpaired) electrons. The van der Waals surface area contributed by atoms with E-state index < -0.39 is 0 Å². The normalized spacial score (nSPS) is 10.4. The molecule has 28 heavy (non-hydrogen) atoms. The molecule has 0 aromatic rings. The second-order valence-electron chi connectivity index (χ2n) is 8.52. The molecule has 0 atom stereocenters. The molecule has 0 N–H and O–H groups in total. The minimum absolute atomic E-state index is 1.20. The van der Waals surface area contributed by atoms with E-state index in [1.807, 2.05) is 12.2 Å². The molecule has 0 aliphatic heterocycles. The van der Waals surface area contributed by atoms with Crippen LogP contribution >= 0.6 is 0 Å². The van der Waals surface area contributed by atoms with Gasteiger partial charge >= 0.3 is 0 Å². The highest BCUT2D eigenvalue weighted by Crippen LogP contribution is 2.13. The van der Waals surface area contributed by atoms with Gasteiger partial charge in [0.25, 0.3) is 0 Å². The molecule has 0 aromatic heterocycles. The highest BCUT2D eigenvalue weighted by molar-refractivity contribution is 4.65. The Hall–Kier alpha value is -0.520. The van der Waals surface area contributed by atoms with Crippen molar-refractivity contribution < 1.29 is 0 Å². The molecule has 0 spiro atoms. The average Bonchev–Trinajstić information content (AvgIpc) is 2.71. The van der Waals surface area contributed by atoms with E-state index in [1.165, 1.54) is 141 Å². The topological polar surface area (TPSA) is 0 Å². The van der Waals surface area contributed by atoms with Crippen molar-refractivity contribution in [1.29, 1.82) is 0 Å². The zero-order valence-electron chi connectivity index (χ0n) is 20.1. The molecule has 0 heteroatoms. The summed E-state index contributed by atoms with van der Waals surface area (Å²) >= 11 is 0. The zero-order chi connectivity index (χ0) is 21.0. The summed E-state index contributed by atoms with van der Waals surface area (Å²) in [5.41, 5.74) is 0. The average molecular weight is 393 g/mol. The van der Waals surface area contributed by atoms with Crippen LogP contribution in [0.5, 0.6) is 0 Å². The van der Waals surface area contributed by atoms with Crippen molar-refractivity contribution in [3.05, 3.63) is 25.3 Å². The molecule has 0 amide bonds. The fourth-order valence-corrected chi connectivity index (χ4v) is 3.55. The van der Waals surface area contributed by atoms with E-state index in [2.05, 4.69) is 27.0 Å². The van der Waals surface area contributed by atoms with Gasteiger partial charge in [0.2, 0.25) is 0 Å². The van der Waals surface area contributed by atoms with Crippen molar-refractivity contribution in [3.63, 3.8) is 0 Å². The summed E-state index contributed by atoms with van der Waals surface area (Å²) in [6.07, 6.45) is 35.0. The Morgan fingerprint density at radius 2 is 0.571 bits per heavy atom. The van der Waals surface area contributed by atoms with Gasteiger partial charge in [-0.2, -0.15) is 0 Å². The summed E-state index contributed by atoms with van der Waals surface area (Å²) in [7, 11) is 0. The third kappa shape index (κ3) is 33.1. The third-order valence-electron chi connectivity index (χ3n) is 5.52. The summed E-state index contributed by atoms with van der Waals surface area (Å²) < 4.78 is 0. The van der Waals surface area contributed by atoms with E-state index in [4.69, 9.17) is 0 Å². The van der Waals surface area contributed by atoms with Gasteiger partial charge in [0.05, 0.1) is 0 Å². The van der Waals surface area contributed by atoms with Crippen molar-refractivity contribution in [2.45, 2.75) is 155 Å². The number of hydrogen-bond donors (Lipinski definition) is 0. The number of hydrogen-bond acceptors (Lipinski definition) is 0. The van der Waals surface area contributed by atoms with Crippen LogP contribution in [0.2, 0.25) is 0 Å². The molecular formula is C28H56. The lowest BCUT2D eigenvalue weighted by atomic mass is 10.0. The van der Waals surface area contributed by atoms with Crippen LogP contribution in [-0.4, -0.2) is 0 Å². The van der Waals surface area contributed by atoms with Gasteiger partial charge in [0.15, 0.2) is 0 Å². The van der Waals surface area contributed by atoms with Crippen molar-refractivity contribution >= 4 is 0 Å². The van der Waals surface area contributed by atoms with Crippen LogP contribution in [0.4, 0.5) is 0 Å². The highest BCUT2D eigenvalue weighted by atomic mass is 14.0. The lowest BCUT2D eigenvalue weighted by Crippen LogP contribution is -1.83. The first-order valence-electron chi connectivity index (χ1n) is 13.0. The molecule has 0 rings (SSSR count). The maximum absolute atomic E-state index is 3.76. The molecule has 168 valence electrons. The smallest absolute Gasteiger partial charge is 0.0353 e. The zero-order valence-corrected chi connectivity index (χ0v) is 20.1. The lowest BCUT2D eigenvalue weighted by Gasteiger charge is -2.02. The Balaban J connectivity index is 0. The lowest BCUT2D eigenvalue weighted by molar-refractivity contribution is 0.536. The summed E-state index contributed by atoms with van der Waals surface area (Å²) in [5.74, 6) is 0. The Bertz CT molecular complexity index is 265. The number of unbranched alkanes of at least 4 members (excludes halogenated alkanes) is 20. The Labute approximate surface area is 180 Å². The molecule has 0 aliphatic rings. The van der Waals surface area contributed by atoms with Crippen LogP contribution in [-0.2, 0) is 0 Å². The van der Waals surface area contributed by atoms with Crippen LogP contribution in [0.25, 0.3) is 0 Å². The second kappa shape index (κ2) is 31.2. The SMILES string of the molecule is C=CCCCCCCCC.C=CCCCCCCCCCCCCCCCC. The first-order valence-corrected chi connectivity index (χ1v) is 13.0. The van der Waals surface area contributed by atoms with Crippen LogP contribution in [0, 0.1) is 0 Å². The minimum atomic E-state index is 1.20. The fourth-order valence-electron chi connectivity index (χ4n) is 3.55. The molecule has 0 fully saturated rings. The van der Waals surface area contributed by atoms with Crippen LogP contribution in [0.15, 0.2) is 25.3 Å². The third-order valence-corrected chi connectivity index (χ3v) is 5.52. The quantitative estimate of drug-likeness (QED) is 0.127. The summed E-state index contributed by atoms with van der Waals surface area (Å²) in [4.78, 5) is 0. The molecular weight excluding hydrogens is 336 g/mol. The summed E-state index contributed by atoms with van der Waals surface area (Å²) in [6, 6.07) is 0. The Kier molecular flexibility index (Phi) is 33.1. The van der Waals surface area contributed by atoms with Crippen LogP contribution in [0.1, 0.15) is 155 Å². The van der Waals surface area contributed by atoms with Gasteiger partial charge in [-0.1, -0.05) is 142 Å². The van der Waals surface area contributed by atoms with Crippen molar-refractivity contribution in [3.8, 4) is 0 Å². The molecule has 0 aromatic carbocycles. The second-order valence-corrected chi connectivity index (χ2v) is 8.52. The molecule has 0 bridgehead atoms. The van der Waals surface area contributed by atoms with Gasteiger partial charge in [-0.15, -0.1) is 13.2 Å². The largest absolute Gasteiger partial charge is 0.103 e. The molecule has 0 aliphatic carbocycles. The molecule has 0 nitrogen and oxygen atoms in total. The van der Waals surface area contributed by atoms with Gasteiger partial charge in [-0.25, -0.2) is 0 Å². The van der Waals surface area contributed by atoms with Crippen molar-refractivity contribution in [2.75, 3.05) is 0 Å². The van der Waals surface area contributed by atoms with Crippen molar-refractivity contribution in [1.82, 2.24) is 0 Å². The maximum atomic E-state index is 3.76. The van der Waals surface area contributed by atoms with E-state index in [0.717, 1.165) is 0 Å². The summed E-state index contributed by atoms with van der Waals surface area (Å²) in [5, 5.41) is 0. The first-order chi connectivity index (χ1) is 13.8. The number of rotatable bonds is 22. The standard InChI is InChI=1S/C18H36.C10H20/c1-3-5-7-9-11-13-15-17-18-16-14-12-10-8-6-4-2;1-3-5-7-9-10-8-6-4-2/h3H,1,4-18H2,2H3;3H,1,4-10H2,2H3. The monoisotopic (exact) mass is 392 g/mol. The van der Waals surface area contributed by atoms with E-state index in [9.17, 15) is 0 Å². The molecule has 0 heterocycles. The predicted octanol–water partition coefficient (Wildman–Crippen LogP) is 11.0. The van der Waals surface area contributed by atoms with Gasteiger partial charge in [0, 0.05) is 0 Å². The van der Waals surface area contributed by atoms with E-state index in [1.54, 1.807) is 0 Å². The van der Waals surface area contributed by atoms with Gasteiger partial charge < -0.3 is 0 Å². The minimum Gasteiger partial charge on any atom is -0.103 e. The maximum Gasteiger partial charge on any atom is -0.0353 e. The Morgan fingerprint density at radius 1 is 0.357 bits per heavy atom. The first kappa shape index (κ1) is 29.7. The fraction of sp³-hybridized carbons (Fsp3) is 0.857. The highest BCUT2D eigenvalue weighted by Gasteiger charge is 1.93. The summed E-state index contributed by atoms with van der Waals surface area (Å²) in [6.45, 7) is 12.0. The Morgan fingerprint density at radius 3 is 0.786 bits per heavy atom. The molecule has 0 saturated heterocycles. The van der Waals surface area contributed by atoms with Gasteiger partial charge in [-0.3, -0.25) is 0 Å². The predicted molar refractivity (Wildman–Crippen MR) is 133 cm³/mol.